The Kier molecular flexibility index (Phi) is 5.99. The van der Waals surface area contributed by atoms with E-state index in [2.05, 4.69) is 56.0 Å². The van der Waals surface area contributed by atoms with E-state index in [4.69, 9.17) is 0 Å². The quantitative estimate of drug-likeness (QED) is 0.679. The van der Waals surface area contributed by atoms with Crippen LogP contribution in [0.2, 0.25) is 0 Å². The van der Waals surface area contributed by atoms with Crippen molar-refractivity contribution < 1.29 is 0 Å². The van der Waals surface area contributed by atoms with Crippen LogP contribution in [0.4, 0.5) is 5.69 Å². The van der Waals surface area contributed by atoms with Gasteiger partial charge in [-0.05, 0) is 37.3 Å². The zero-order valence-electron chi connectivity index (χ0n) is 10.9. The Bertz CT molecular complexity index is 257. The fourth-order valence-corrected chi connectivity index (χ4v) is 1.79. The van der Waals surface area contributed by atoms with Crippen molar-refractivity contribution in [2.75, 3.05) is 18.0 Å². The van der Waals surface area contributed by atoms with E-state index < -0.39 is 0 Å². The minimum absolute atomic E-state index is 0.833. The van der Waals surface area contributed by atoms with Crippen LogP contribution < -0.4 is 4.90 Å². The Labute approximate surface area is 100 Å². The Morgan fingerprint density at radius 2 is 1.38 bits per heavy atom. The van der Waals surface area contributed by atoms with Crippen LogP contribution in [0.1, 0.15) is 40.0 Å². The molecule has 1 aliphatic rings. The second kappa shape index (κ2) is 7.32. The Hall–Kier alpha value is -0.980. The van der Waals surface area contributed by atoms with Crippen LogP contribution in [-0.2, 0) is 0 Å². The van der Waals surface area contributed by atoms with Crippen LogP contribution in [0, 0.1) is 5.92 Å². The third kappa shape index (κ3) is 5.20. The van der Waals surface area contributed by atoms with Gasteiger partial charge in [0.2, 0.25) is 0 Å². The molecule has 1 aromatic rings. The number of rotatable bonds is 1. The number of hydrogen-bond donors (Lipinski definition) is 0. The minimum atomic E-state index is 0.833. The summed E-state index contributed by atoms with van der Waals surface area (Å²) in [7, 11) is 0. The second-order valence-electron chi connectivity index (χ2n) is 5.12. The van der Waals surface area contributed by atoms with Gasteiger partial charge in [-0.15, -0.1) is 0 Å². The fraction of sp³-hybridized carbons (Fsp3) is 0.600. The SMILES string of the molecule is CC(C)C.c1ccc(N2CCCCC2)cc1. The van der Waals surface area contributed by atoms with Gasteiger partial charge in [-0.3, -0.25) is 0 Å². The molecule has 2 rings (SSSR count). The van der Waals surface area contributed by atoms with Crippen LogP contribution in [0.3, 0.4) is 0 Å². The molecule has 0 bridgehead atoms. The van der Waals surface area contributed by atoms with E-state index in [9.17, 15) is 0 Å². The molecule has 0 aliphatic carbocycles. The summed E-state index contributed by atoms with van der Waals surface area (Å²) >= 11 is 0. The molecule has 1 saturated heterocycles. The van der Waals surface area contributed by atoms with Crippen molar-refractivity contribution >= 4 is 5.69 Å². The van der Waals surface area contributed by atoms with Gasteiger partial charge in [-0.1, -0.05) is 39.0 Å². The number of piperidine rings is 1. The lowest BCUT2D eigenvalue weighted by Gasteiger charge is -2.28. The summed E-state index contributed by atoms with van der Waals surface area (Å²) in [5.74, 6) is 0.833. The van der Waals surface area contributed by atoms with Crippen molar-refractivity contribution in [2.45, 2.75) is 40.0 Å². The lowest BCUT2D eigenvalue weighted by atomic mass is 10.1. The van der Waals surface area contributed by atoms with E-state index in [0.29, 0.717) is 0 Å². The zero-order valence-corrected chi connectivity index (χ0v) is 10.9. The molecule has 1 aliphatic heterocycles. The number of para-hydroxylation sites is 1. The highest BCUT2D eigenvalue weighted by Gasteiger charge is 2.09. The minimum Gasteiger partial charge on any atom is -0.372 e. The first-order valence-corrected chi connectivity index (χ1v) is 6.50. The third-order valence-corrected chi connectivity index (χ3v) is 2.48. The molecular formula is C15H25N. The van der Waals surface area contributed by atoms with Crippen molar-refractivity contribution in [3.8, 4) is 0 Å². The monoisotopic (exact) mass is 219 g/mol. The second-order valence-corrected chi connectivity index (χ2v) is 5.12. The highest BCUT2D eigenvalue weighted by molar-refractivity contribution is 5.46. The van der Waals surface area contributed by atoms with Crippen molar-refractivity contribution in [1.82, 2.24) is 0 Å². The van der Waals surface area contributed by atoms with E-state index in [0.717, 1.165) is 5.92 Å². The van der Waals surface area contributed by atoms with Crippen LogP contribution in [0.5, 0.6) is 0 Å². The summed E-state index contributed by atoms with van der Waals surface area (Å²) in [5.41, 5.74) is 1.39. The van der Waals surface area contributed by atoms with Gasteiger partial charge in [0.15, 0.2) is 0 Å². The lowest BCUT2D eigenvalue weighted by Crippen LogP contribution is -2.29. The van der Waals surface area contributed by atoms with E-state index in [1.807, 2.05) is 0 Å². The van der Waals surface area contributed by atoms with Crippen molar-refractivity contribution in [2.24, 2.45) is 5.92 Å². The highest BCUT2D eigenvalue weighted by Crippen LogP contribution is 2.18. The van der Waals surface area contributed by atoms with Gasteiger partial charge in [-0.2, -0.15) is 0 Å². The smallest absolute Gasteiger partial charge is 0.0366 e. The lowest BCUT2D eigenvalue weighted by molar-refractivity contribution is 0.578. The number of hydrogen-bond acceptors (Lipinski definition) is 1. The topological polar surface area (TPSA) is 3.24 Å². The van der Waals surface area contributed by atoms with Crippen LogP contribution in [0.15, 0.2) is 30.3 Å². The molecule has 0 amide bonds. The predicted octanol–water partition coefficient (Wildman–Crippen LogP) is 4.34. The average Bonchev–Trinajstić information content (AvgIpc) is 2.31. The van der Waals surface area contributed by atoms with Gasteiger partial charge in [0.05, 0.1) is 0 Å². The van der Waals surface area contributed by atoms with Gasteiger partial charge >= 0.3 is 0 Å². The predicted molar refractivity (Wildman–Crippen MR) is 73.0 cm³/mol. The number of nitrogens with zero attached hydrogens (tertiary/aromatic N) is 1. The van der Waals surface area contributed by atoms with E-state index in [1.54, 1.807) is 0 Å². The molecule has 0 N–H and O–H groups in total. The van der Waals surface area contributed by atoms with Crippen LogP contribution in [0.25, 0.3) is 0 Å². The van der Waals surface area contributed by atoms with Crippen LogP contribution in [-0.4, -0.2) is 13.1 Å². The van der Waals surface area contributed by atoms with E-state index in [-0.39, 0.29) is 0 Å². The molecule has 0 spiro atoms. The fourth-order valence-electron chi connectivity index (χ4n) is 1.79. The van der Waals surface area contributed by atoms with E-state index in [1.165, 1.54) is 38.0 Å². The number of benzene rings is 1. The summed E-state index contributed by atoms with van der Waals surface area (Å²) in [4.78, 5) is 2.48. The molecule has 0 radical (unpaired) electrons. The molecule has 0 saturated carbocycles. The molecule has 0 unspecified atom stereocenters. The maximum absolute atomic E-state index is 2.48. The molecule has 0 aromatic heterocycles. The normalized spacial score (nSPS) is 15.6. The number of anilines is 1. The Morgan fingerprint density at radius 1 is 0.875 bits per heavy atom. The summed E-state index contributed by atoms with van der Waals surface area (Å²) in [6, 6.07) is 10.7. The maximum atomic E-state index is 2.48. The van der Waals surface area contributed by atoms with Gasteiger partial charge in [0, 0.05) is 18.8 Å². The molecule has 0 atom stereocenters. The molecule has 90 valence electrons. The zero-order chi connectivity index (χ0) is 11.8. The van der Waals surface area contributed by atoms with Gasteiger partial charge in [-0.25, -0.2) is 0 Å². The molecule has 1 nitrogen and oxygen atoms in total. The van der Waals surface area contributed by atoms with Gasteiger partial charge < -0.3 is 4.90 Å². The Morgan fingerprint density at radius 3 is 1.88 bits per heavy atom. The molecular weight excluding hydrogens is 194 g/mol. The van der Waals surface area contributed by atoms with E-state index >= 15 is 0 Å². The molecule has 1 fully saturated rings. The summed E-state index contributed by atoms with van der Waals surface area (Å²) in [6.07, 6.45) is 4.12. The highest BCUT2D eigenvalue weighted by atomic mass is 15.1. The molecule has 1 heteroatoms. The standard InChI is InChI=1S/C11H15N.C4H10/c1-3-7-11(8-4-1)12-9-5-2-6-10-12;1-4(2)3/h1,3-4,7-8H,2,5-6,9-10H2;4H,1-3H3. The first kappa shape index (κ1) is 13.1. The largest absolute Gasteiger partial charge is 0.372 e. The van der Waals surface area contributed by atoms with Crippen molar-refractivity contribution in [1.29, 1.82) is 0 Å². The first-order valence-electron chi connectivity index (χ1n) is 6.50. The van der Waals surface area contributed by atoms with Gasteiger partial charge in [0.25, 0.3) is 0 Å². The maximum Gasteiger partial charge on any atom is 0.0366 e. The summed E-state index contributed by atoms with van der Waals surface area (Å²) in [6.45, 7) is 8.98. The summed E-state index contributed by atoms with van der Waals surface area (Å²) in [5, 5.41) is 0. The van der Waals surface area contributed by atoms with Crippen LogP contribution >= 0.6 is 0 Å². The Balaban J connectivity index is 0.000000280. The van der Waals surface area contributed by atoms with Gasteiger partial charge in [0.1, 0.15) is 0 Å². The van der Waals surface area contributed by atoms with Crippen molar-refractivity contribution in [3.05, 3.63) is 30.3 Å². The average molecular weight is 219 g/mol. The summed E-state index contributed by atoms with van der Waals surface area (Å²) < 4.78 is 0. The third-order valence-electron chi connectivity index (χ3n) is 2.48. The molecule has 1 heterocycles. The molecule has 1 aromatic carbocycles. The van der Waals surface area contributed by atoms with Crippen molar-refractivity contribution in [3.63, 3.8) is 0 Å². The molecule has 16 heavy (non-hydrogen) atoms. The first-order chi connectivity index (χ1) is 7.70.